The van der Waals surface area contributed by atoms with Crippen LogP contribution in [0.1, 0.15) is 45.8 Å². The van der Waals surface area contributed by atoms with Crippen molar-refractivity contribution in [3.8, 4) is 0 Å². The minimum Gasteiger partial charge on any atom is -0.345 e. The minimum atomic E-state index is -0.0110. The maximum atomic E-state index is 12.2. The molecule has 1 aliphatic carbocycles. The van der Waals surface area contributed by atoms with Crippen LogP contribution in [-0.2, 0) is 0 Å². The average Bonchev–Trinajstić information content (AvgIpc) is 2.88. The summed E-state index contributed by atoms with van der Waals surface area (Å²) in [7, 11) is 0. The second kappa shape index (κ2) is 5.11. The zero-order chi connectivity index (χ0) is 12.5. The van der Waals surface area contributed by atoms with Crippen LogP contribution in [0.2, 0.25) is 0 Å². The lowest BCUT2D eigenvalue weighted by Crippen LogP contribution is -2.47. The number of alkyl halides is 1. The number of thiophene rings is 1. The van der Waals surface area contributed by atoms with Gasteiger partial charge in [0.25, 0.3) is 5.91 Å². The van der Waals surface area contributed by atoms with Crippen molar-refractivity contribution in [3.63, 3.8) is 0 Å². The topological polar surface area (TPSA) is 29.1 Å². The Labute approximate surface area is 115 Å². The number of nitrogens with one attached hydrogen (secondary N) is 1. The van der Waals surface area contributed by atoms with Gasteiger partial charge in [-0.2, -0.15) is 0 Å². The van der Waals surface area contributed by atoms with Gasteiger partial charge in [0.1, 0.15) is 0 Å². The fraction of sp³-hybridized carbons (Fsp3) is 0.615. The molecule has 0 saturated heterocycles. The Morgan fingerprint density at radius 1 is 1.47 bits per heavy atom. The number of halogens is 1. The van der Waals surface area contributed by atoms with Crippen molar-refractivity contribution in [2.24, 2.45) is 0 Å². The summed E-state index contributed by atoms with van der Waals surface area (Å²) in [5.74, 6) is 0.0903. The molecule has 0 atom stereocenters. The lowest BCUT2D eigenvalue weighted by molar-refractivity contribution is 0.0914. The van der Waals surface area contributed by atoms with E-state index in [-0.39, 0.29) is 11.4 Å². The van der Waals surface area contributed by atoms with Crippen LogP contribution in [0.15, 0.2) is 6.07 Å². The highest BCUT2D eigenvalue weighted by Gasteiger charge is 2.34. The second-order valence-electron chi connectivity index (χ2n) is 4.93. The Bertz CT molecular complexity index is 402. The molecule has 1 aromatic rings. The highest BCUT2D eigenvalue weighted by molar-refractivity contribution is 9.09. The van der Waals surface area contributed by atoms with Crippen LogP contribution in [0.5, 0.6) is 0 Å². The number of hydrogen-bond acceptors (Lipinski definition) is 2. The molecule has 0 aliphatic heterocycles. The smallest absolute Gasteiger partial charge is 0.261 e. The van der Waals surface area contributed by atoms with Gasteiger partial charge in [0.2, 0.25) is 0 Å². The molecule has 2 rings (SSSR count). The minimum absolute atomic E-state index is 0.0110. The fourth-order valence-corrected chi connectivity index (χ4v) is 3.96. The molecule has 1 aromatic heterocycles. The van der Waals surface area contributed by atoms with Gasteiger partial charge in [-0.05, 0) is 38.3 Å². The number of carbonyl (C=O) groups excluding carboxylic acids is 1. The lowest BCUT2D eigenvalue weighted by Gasteiger charge is -2.27. The van der Waals surface area contributed by atoms with Crippen molar-refractivity contribution >= 4 is 33.2 Å². The number of hydrogen-bond donors (Lipinski definition) is 1. The highest BCUT2D eigenvalue weighted by Crippen LogP contribution is 2.32. The summed E-state index contributed by atoms with van der Waals surface area (Å²) in [6.07, 6.45) is 4.61. The quantitative estimate of drug-likeness (QED) is 0.844. The van der Waals surface area contributed by atoms with E-state index in [0.29, 0.717) is 0 Å². The van der Waals surface area contributed by atoms with E-state index < -0.39 is 0 Å². The zero-order valence-corrected chi connectivity index (χ0v) is 12.7. The molecule has 17 heavy (non-hydrogen) atoms. The molecule has 2 nitrogen and oxygen atoms in total. The van der Waals surface area contributed by atoms with E-state index >= 15 is 0 Å². The van der Waals surface area contributed by atoms with Crippen LogP contribution < -0.4 is 5.32 Å². The average molecular weight is 316 g/mol. The summed E-state index contributed by atoms with van der Waals surface area (Å²) in [6.45, 7) is 4.12. The third kappa shape index (κ3) is 2.74. The molecule has 94 valence electrons. The normalized spacial score (nSPS) is 18.3. The second-order valence-corrected chi connectivity index (χ2v) is 6.74. The van der Waals surface area contributed by atoms with Crippen molar-refractivity contribution in [2.45, 2.75) is 45.1 Å². The van der Waals surface area contributed by atoms with Gasteiger partial charge in [-0.15, -0.1) is 11.3 Å². The first kappa shape index (κ1) is 13.1. The molecular weight excluding hydrogens is 298 g/mol. The van der Waals surface area contributed by atoms with Gasteiger partial charge in [-0.25, -0.2) is 0 Å². The molecule has 1 amide bonds. The molecule has 1 heterocycles. The Morgan fingerprint density at radius 3 is 2.59 bits per heavy atom. The Morgan fingerprint density at radius 2 is 2.12 bits per heavy atom. The summed E-state index contributed by atoms with van der Waals surface area (Å²) >= 11 is 5.13. The molecular formula is C13H18BrNOS. The first-order chi connectivity index (χ1) is 8.06. The first-order valence-electron chi connectivity index (χ1n) is 6.02. The van der Waals surface area contributed by atoms with Gasteiger partial charge in [-0.1, -0.05) is 28.8 Å². The molecule has 1 saturated carbocycles. The van der Waals surface area contributed by atoms with Crippen LogP contribution in [0.3, 0.4) is 0 Å². The number of aryl methyl sites for hydroxylation is 2. The number of carbonyl (C=O) groups is 1. The standard InChI is InChI=1S/C13H18BrNOS/c1-9-7-11(17-10(9)2)12(16)15-13(8-14)5-3-4-6-13/h7H,3-6,8H2,1-2H3,(H,15,16). The fourth-order valence-electron chi connectivity index (χ4n) is 2.33. The van der Waals surface area contributed by atoms with Crippen molar-refractivity contribution in [1.29, 1.82) is 0 Å². The Hall–Kier alpha value is -0.350. The number of rotatable bonds is 3. The maximum Gasteiger partial charge on any atom is 0.261 e. The molecule has 0 spiro atoms. The number of amides is 1. The molecule has 4 heteroatoms. The van der Waals surface area contributed by atoms with Crippen LogP contribution in [0.4, 0.5) is 0 Å². The molecule has 0 aromatic carbocycles. The van der Waals surface area contributed by atoms with Crippen LogP contribution >= 0.6 is 27.3 Å². The van der Waals surface area contributed by atoms with Gasteiger partial charge in [-0.3, -0.25) is 4.79 Å². The summed E-state index contributed by atoms with van der Waals surface area (Å²) in [4.78, 5) is 14.3. The van der Waals surface area contributed by atoms with E-state index in [1.54, 1.807) is 11.3 Å². The van der Waals surface area contributed by atoms with E-state index in [9.17, 15) is 4.79 Å². The first-order valence-corrected chi connectivity index (χ1v) is 7.96. The zero-order valence-electron chi connectivity index (χ0n) is 10.3. The van der Waals surface area contributed by atoms with Crippen LogP contribution in [0.25, 0.3) is 0 Å². The predicted octanol–water partition coefficient (Wildman–Crippen LogP) is 3.80. The van der Waals surface area contributed by atoms with E-state index in [2.05, 4.69) is 35.1 Å². The van der Waals surface area contributed by atoms with Crippen molar-refractivity contribution in [2.75, 3.05) is 5.33 Å². The van der Waals surface area contributed by atoms with Crippen LogP contribution in [0, 0.1) is 13.8 Å². The lowest BCUT2D eigenvalue weighted by atomic mass is 10.0. The summed E-state index contributed by atoms with van der Waals surface area (Å²) in [6, 6.07) is 1.99. The molecule has 1 fully saturated rings. The molecule has 1 aliphatic rings. The third-order valence-corrected chi connectivity index (χ3v) is 5.81. The van der Waals surface area contributed by atoms with Crippen molar-refractivity contribution in [1.82, 2.24) is 5.32 Å². The van der Waals surface area contributed by atoms with E-state index in [1.807, 2.05) is 6.07 Å². The van der Waals surface area contributed by atoms with Gasteiger partial charge >= 0.3 is 0 Å². The summed E-state index contributed by atoms with van der Waals surface area (Å²) < 4.78 is 0. The predicted molar refractivity (Wildman–Crippen MR) is 76.3 cm³/mol. The SMILES string of the molecule is Cc1cc(C(=O)NC2(CBr)CCCC2)sc1C. The van der Waals surface area contributed by atoms with E-state index in [4.69, 9.17) is 0 Å². The largest absolute Gasteiger partial charge is 0.345 e. The third-order valence-electron chi connectivity index (χ3n) is 3.58. The Kier molecular flexibility index (Phi) is 3.93. The molecule has 1 N–H and O–H groups in total. The van der Waals surface area contributed by atoms with E-state index in [0.717, 1.165) is 23.0 Å². The summed E-state index contributed by atoms with van der Waals surface area (Å²) in [5, 5.41) is 4.08. The van der Waals surface area contributed by atoms with Crippen molar-refractivity contribution < 1.29 is 4.79 Å². The van der Waals surface area contributed by atoms with Crippen LogP contribution in [-0.4, -0.2) is 16.8 Å². The highest BCUT2D eigenvalue weighted by atomic mass is 79.9. The van der Waals surface area contributed by atoms with Gasteiger partial charge in [0, 0.05) is 10.2 Å². The monoisotopic (exact) mass is 315 g/mol. The summed E-state index contributed by atoms with van der Waals surface area (Å²) in [5.41, 5.74) is 1.20. The molecule has 0 radical (unpaired) electrons. The maximum absolute atomic E-state index is 12.2. The molecule has 0 bridgehead atoms. The van der Waals surface area contributed by atoms with E-state index in [1.165, 1.54) is 23.3 Å². The molecule has 0 unspecified atom stereocenters. The Balaban J connectivity index is 2.10. The van der Waals surface area contributed by atoms with Gasteiger partial charge in [0.15, 0.2) is 0 Å². The van der Waals surface area contributed by atoms with Crippen molar-refractivity contribution in [3.05, 3.63) is 21.4 Å². The van der Waals surface area contributed by atoms with Gasteiger partial charge in [0.05, 0.1) is 10.4 Å². The van der Waals surface area contributed by atoms with Gasteiger partial charge < -0.3 is 5.32 Å².